The number of rotatable bonds is 4. The van der Waals surface area contributed by atoms with Gasteiger partial charge in [0.15, 0.2) is 0 Å². The molecule has 2 aliphatic heterocycles. The molecule has 3 heterocycles. The third kappa shape index (κ3) is 2.91. The van der Waals surface area contributed by atoms with Crippen molar-refractivity contribution in [3.63, 3.8) is 0 Å². The quantitative estimate of drug-likeness (QED) is 0.492. The predicted molar refractivity (Wildman–Crippen MR) is 66.3 cm³/mol. The summed E-state index contributed by atoms with van der Waals surface area (Å²) in [5.74, 6) is 1.15. The Hall–Kier alpha value is -0.360. The first-order valence-corrected chi connectivity index (χ1v) is 9.20. The molecular weight excluding hydrogens is 325 g/mol. The van der Waals surface area contributed by atoms with E-state index < -0.39 is 0 Å². The van der Waals surface area contributed by atoms with Gasteiger partial charge in [-0.05, 0) is 0 Å². The first-order valence-electron chi connectivity index (χ1n) is 6.43. The van der Waals surface area contributed by atoms with Crippen molar-refractivity contribution < 1.29 is 21.2 Å². The molecule has 0 spiro atoms. The normalized spacial score (nSPS) is 19.5. The summed E-state index contributed by atoms with van der Waals surface area (Å²) >= 11 is 0.388. The number of anilines is 1. The number of aryl methyl sites for hydroxylation is 2. The van der Waals surface area contributed by atoms with Gasteiger partial charge in [0.05, 0.1) is 0 Å². The molecule has 0 unspecified atom stereocenters. The molecule has 2 aliphatic rings. The van der Waals surface area contributed by atoms with E-state index in [1.807, 2.05) is 0 Å². The van der Waals surface area contributed by atoms with Crippen molar-refractivity contribution in [1.29, 1.82) is 0 Å². The summed E-state index contributed by atoms with van der Waals surface area (Å²) < 4.78 is 2.42. The van der Waals surface area contributed by atoms with E-state index in [9.17, 15) is 0 Å². The molecule has 1 aromatic rings. The molecular formula is C13H19IN3-. The molecule has 3 nitrogen and oxygen atoms in total. The van der Waals surface area contributed by atoms with E-state index in [-0.39, 0.29) is 0 Å². The van der Waals surface area contributed by atoms with Crippen LogP contribution in [0.4, 0.5) is 5.82 Å². The molecule has 0 radical (unpaired) electrons. The average molecular weight is 344 g/mol. The summed E-state index contributed by atoms with van der Waals surface area (Å²) in [6, 6.07) is 4.50. The molecule has 1 fully saturated rings. The summed E-state index contributed by atoms with van der Waals surface area (Å²) in [6.07, 6.45) is 3.61. The zero-order valence-electron chi connectivity index (χ0n) is 10.0. The Morgan fingerprint density at radius 1 is 1.35 bits per heavy atom. The van der Waals surface area contributed by atoms with Crippen molar-refractivity contribution in [2.75, 3.05) is 29.4 Å². The van der Waals surface area contributed by atoms with Crippen molar-refractivity contribution in [1.82, 2.24) is 10.3 Å². The summed E-state index contributed by atoms with van der Waals surface area (Å²) in [6.45, 7) is 3.63. The van der Waals surface area contributed by atoms with Crippen molar-refractivity contribution in [2.24, 2.45) is 0 Å². The Morgan fingerprint density at radius 2 is 2.29 bits per heavy atom. The van der Waals surface area contributed by atoms with Crippen LogP contribution in [0, 0.1) is 0 Å². The van der Waals surface area contributed by atoms with E-state index in [0.717, 1.165) is 16.3 Å². The predicted octanol–water partition coefficient (Wildman–Crippen LogP) is -1.96. The maximum absolute atomic E-state index is 4.74. The van der Waals surface area contributed by atoms with E-state index in [1.165, 1.54) is 48.0 Å². The second-order valence-corrected chi connectivity index (χ2v) is 8.41. The Labute approximate surface area is 113 Å². The van der Waals surface area contributed by atoms with Gasteiger partial charge in [0, 0.05) is 0 Å². The van der Waals surface area contributed by atoms with Gasteiger partial charge in [-0.25, -0.2) is 0 Å². The van der Waals surface area contributed by atoms with Crippen LogP contribution >= 0.6 is 0 Å². The number of aromatic nitrogens is 1. The topological polar surface area (TPSA) is 37.0 Å². The third-order valence-corrected chi connectivity index (χ3v) is 6.65. The number of hydrogen-bond acceptors (Lipinski definition) is 3. The van der Waals surface area contributed by atoms with Crippen LogP contribution in [0.1, 0.15) is 17.7 Å². The summed E-state index contributed by atoms with van der Waals surface area (Å²) in [5.41, 5.74) is 2.68. The van der Waals surface area contributed by atoms with Gasteiger partial charge >= 0.3 is 113 Å². The number of fused-ring (bicyclic) bond motifs is 1. The maximum atomic E-state index is 4.74. The number of alkyl halides is 2. The van der Waals surface area contributed by atoms with Gasteiger partial charge in [-0.15, -0.1) is 0 Å². The fourth-order valence-corrected chi connectivity index (χ4v) is 5.17. The Morgan fingerprint density at radius 3 is 3.12 bits per heavy atom. The van der Waals surface area contributed by atoms with Gasteiger partial charge in [0.1, 0.15) is 0 Å². The Balaban J connectivity index is 1.55. The molecule has 1 aromatic heterocycles. The van der Waals surface area contributed by atoms with E-state index in [1.54, 1.807) is 0 Å². The zero-order chi connectivity index (χ0) is 11.5. The second-order valence-electron chi connectivity index (χ2n) is 4.69. The number of hydrogen-bond donors (Lipinski definition) is 2. The minimum absolute atomic E-state index is 0.388. The van der Waals surface area contributed by atoms with Crippen molar-refractivity contribution >= 4 is 5.82 Å². The molecule has 0 bridgehead atoms. The summed E-state index contributed by atoms with van der Waals surface area (Å²) in [7, 11) is 0. The van der Waals surface area contributed by atoms with Gasteiger partial charge in [-0.1, -0.05) is 0 Å². The third-order valence-electron chi connectivity index (χ3n) is 3.36. The average Bonchev–Trinajstić information content (AvgIpc) is 2.32. The first kappa shape index (κ1) is 11.7. The fourth-order valence-electron chi connectivity index (χ4n) is 2.18. The van der Waals surface area contributed by atoms with Gasteiger partial charge < -0.3 is 0 Å². The van der Waals surface area contributed by atoms with Crippen LogP contribution in [0.25, 0.3) is 0 Å². The zero-order valence-corrected chi connectivity index (χ0v) is 12.2. The molecule has 1 saturated heterocycles. The number of nitrogens with zero attached hydrogens (tertiary/aromatic N) is 1. The first-order chi connectivity index (χ1) is 8.42. The van der Waals surface area contributed by atoms with Crippen LogP contribution in [0.15, 0.2) is 12.1 Å². The molecule has 3 rings (SSSR count). The summed E-state index contributed by atoms with van der Waals surface area (Å²) in [5, 5.41) is 6.77. The van der Waals surface area contributed by atoms with E-state index >= 15 is 0 Å². The number of pyridine rings is 1. The van der Waals surface area contributed by atoms with Gasteiger partial charge in [0.25, 0.3) is 0 Å². The molecule has 17 heavy (non-hydrogen) atoms. The van der Waals surface area contributed by atoms with Crippen LogP contribution in [0.3, 0.4) is 0 Å². The molecule has 0 aliphatic carbocycles. The second kappa shape index (κ2) is 5.52. The molecule has 0 aromatic carbocycles. The standard InChI is InChI=1S/C13H19IN3/c1-2-10-3-4-12(17-13(10)16-7-1)5-6-14-11-8-15-9-11/h3-4,11,15H,1-2,5-9H2,(H,16,17)/q-1. The molecule has 4 heteroatoms. The van der Waals surface area contributed by atoms with Crippen LogP contribution in [-0.4, -0.2) is 33.0 Å². The van der Waals surface area contributed by atoms with E-state index in [4.69, 9.17) is 4.98 Å². The van der Waals surface area contributed by atoms with E-state index in [2.05, 4.69) is 22.8 Å². The van der Waals surface area contributed by atoms with Crippen LogP contribution < -0.4 is 31.8 Å². The SMILES string of the molecule is c1cc2c(nc1CC[I-]C1CNC1)NCCC2. The van der Waals surface area contributed by atoms with Crippen LogP contribution in [0.2, 0.25) is 0 Å². The van der Waals surface area contributed by atoms with Gasteiger partial charge in [0.2, 0.25) is 0 Å². The Bertz CT molecular complexity index is 390. The van der Waals surface area contributed by atoms with Gasteiger partial charge in [-0.2, -0.15) is 0 Å². The minimum atomic E-state index is 0.388. The Kier molecular flexibility index (Phi) is 3.80. The van der Waals surface area contributed by atoms with Crippen LogP contribution in [-0.2, 0) is 12.8 Å². The molecule has 0 saturated carbocycles. The molecule has 94 valence electrons. The van der Waals surface area contributed by atoms with Crippen molar-refractivity contribution in [3.8, 4) is 0 Å². The summed E-state index contributed by atoms with van der Waals surface area (Å²) in [4.78, 5) is 4.74. The molecule has 2 N–H and O–H groups in total. The monoisotopic (exact) mass is 344 g/mol. The molecule has 0 atom stereocenters. The van der Waals surface area contributed by atoms with Crippen molar-refractivity contribution in [3.05, 3.63) is 23.4 Å². The van der Waals surface area contributed by atoms with Gasteiger partial charge in [-0.3, -0.25) is 0 Å². The number of halogens is 1. The fraction of sp³-hybridized carbons (Fsp3) is 0.615. The number of nitrogens with one attached hydrogen (secondary N) is 2. The van der Waals surface area contributed by atoms with Crippen LogP contribution in [0.5, 0.6) is 0 Å². The van der Waals surface area contributed by atoms with E-state index in [0.29, 0.717) is 21.2 Å². The van der Waals surface area contributed by atoms with Crippen molar-refractivity contribution in [2.45, 2.75) is 23.2 Å². The molecule has 0 amide bonds.